The number of ether oxygens (including phenoxy) is 1. The van der Waals surface area contributed by atoms with E-state index in [4.69, 9.17) is 39.5 Å². The molecule has 0 radical (unpaired) electrons. The van der Waals surface area contributed by atoms with E-state index in [0.717, 1.165) is 30.2 Å². The summed E-state index contributed by atoms with van der Waals surface area (Å²) >= 11 is 18.0. The number of carbonyl (C=O) groups excluding carboxylic acids is 1. The summed E-state index contributed by atoms with van der Waals surface area (Å²) in [4.78, 5) is 14.7. The predicted molar refractivity (Wildman–Crippen MR) is 134 cm³/mol. The maximum atomic E-state index is 12.4. The number of aromatic nitrogens is 2. The quantitative estimate of drug-likeness (QED) is 0.387. The molecular formula is C24H23Cl3N4O2. The minimum atomic E-state index is -0.336. The lowest BCUT2D eigenvalue weighted by atomic mass is 10.1. The van der Waals surface area contributed by atoms with Crippen molar-refractivity contribution in [1.29, 1.82) is 0 Å². The molecule has 1 aliphatic heterocycles. The molecule has 2 heterocycles. The highest BCUT2D eigenvalue weighted by Gasteiger charge is 2.13. The molecule has 1 aromatic heterocycles. The van der Waals surface area contributed by atoms with E-state index in [0.29, 0.717) is 15.7 Å². The molecule has 33 heavy (non-hydrogen) atoms. The number of hydrogen-bond acceptors (Lipinski definition) is 5. The molecule has 0 unspecified atom stereocenters. The van der Waals surface area contributed by atoms with Crippen LogP contribution in [0.4, 0.5) is 11.5 Å². The van der Waals surface area contributed by atoms with Crippen LogP contribution in [0.5, 0.6) is 5.75 Å². The Kier molecular flexibility index (Phi) is 7.91. The SMILES string of the molecule is O=C(COc1cc(Cl)c(Cl)cc1Cl)Nc1cccc(-c2ccc(N3CCCCCC3)nn2)c1. The molecular weight excluding hydrogens is 483 g/mol. The van der Waals surface area contributed by atoms with Gasteiger partial charge in [0.1, 0.15) is 5.75 Å². The zero-order valence-corrected chi connectivity index (χ0v) is 20.1. The van der Waals surface area contributed by atoms with Crippen LogP contribution in [0.25, 0.3) is 11.3 Å². The van der Waals surface area contributed by atoms with Gasteiger partial charge in [-0.25, -0.2) is 0 Å². The lowest BCUT2D eigenvalue weighted by molar-refractivity contribution is -0.118. The lowest BCUT2D eigenvalue weighted by Crippen LogP contribution is -2.25. The Labute approximate surface area is 207 Å². The molecule has 0 saturated carbocycles. The van der Waals surface area contributed by atoms with Crippen molar-refractivity contribution in [2.45, 2.75) is 25.7 Å². The molecule has 1 amide bonds. The maximum Gasteiger partial charge on any atom is 0.262 e. The topological polar surface area (TPSA) is 67.3 Å². The van der Waals surface area contributed by atoms with Gasteiger partial charge in [0, 0.05) is 30.4 Å². The Morgan fingerprint density at radius 2 is 1.67 bits per heavy atom. The molecule has 1 N–H and O–H groups in total. The van der Waals surface area contributed by atoms with E-state index < -0.39 is 0 Å². The number of hydrogen-bond donors (Lipinski definition) is 1. The predicted octanol–water partition coefficient (Wildman–Crippen LogP) is 6.50. The smallest absolute Gasteiger partial charge is 0.262 e. The van der Waals surface area contributed by atoms with E-state index in [1.807, 2.05) is 30.3 Å². The molecule has 4 rings (SSSR count). The van der Waals surface area contributed by atoms with E-state index in [-0.39, 0.29) is 23.3 Å². The first kappa shape index (κ1) is 23.6. The molecule has 1 fully saturated rings. The van der Waals surface area contributed by atoms with Crippen molar-refractivity contribution in [3.05, 3.63) is 63.6 Å². The lowest BCUT2D eigenvalue weighted by Gasteiger charge is -2.20. The minimum Gasteiger partial charge on any atom is -0.482 e. The van der Waals surface area contributed by atoms with Crippen LogP contribution in [0, 0.1) is 0 Å². The Balaban J connectivity index is 1.38. The van der Waals surface area contributed by atoms with Gasteiger partial charge in [-0.1, -0.05) is 59.8 Å². The van der Waals surface area contributed by atoms with Crippen LogP contribution >= 0.6 is 34.8 Å². The Morgan fingerprint density at radius 1 is 0.909 bits per heavy atom. The number of anilines is 2. The Morgan fingerprint density at radius 3 is 2.39 bits per heavy atom. The van der Waals surface area contributed by atoms with Gasteiger partial charge in [-0.3, -0.25) is 4.79 Å². The largest absolute Gasteiger partial charge is 0.482 e. The van der Waals surface area contributed by atoms with E-state index in [9.17, 15) is 4.79 Å². The molecule has 0 spiro atoms. The monoisotopic (exact) mass is 504 g/mol. The van der Waals surface area contributed by atoms with Gasteiger partial charge >= 0.3 is 0 Å². The molecule has 172 valence electrons. The van der Waals surface area contributed by atoms with E-state index >= 15 is 0 Å². The fourth-order valence-corrected chi connectivity index (χ4v) is 4.25. The summed E-state index contributed by atoms with van der Waals surface area (Å²) in [5.74, 6) is 0.856. The second-order valence-corrected chi connectivity index (χ2v) is 9.01. The summed E-state index contributed by atoms with van der Waals surface area (Å²) in [5, 5.41) is 12.6. The average molecular weight is 506 g/mol. The Bertz CT molecular complexity index is 1120. The van der Waals surface area contributed by atoms with Crippen molar-refractivity contribution in [3.63, 3.8) is 0 Å². The fourth-order valence-electron chi connectivity index (χ4n) is 3.66. The van der Waals surface area contributed by atoms with Crippen LogP contribution in [-0.2, 0) is 4.79 Å². The summed E-state index contributed by atoms with van der Waals surface area (Å²) in [7, 11) is 0. The molecule has 3 aromatic rings. The normalized spacial score (nSPS) is 14.0. The summed E-state index contributed by atoms with van der Waals surface area (Å²) < 4.78 is 5.49. The number of rotatable bonds is 6. The highest BCUT2D eigenvalue weighted by molar-refractivity contribution is 6.43. The van der Waals surface area contributed by atoms with E-state index in [1.54, 1.807) is 6.07 Å². The number of benzene rings is 2. The number of nitrogens with zero attached hydrogens (tertiary/aromatic N) is 3. The second-order valence-electron chi connectivity index (χ2n) is 7.79. The summed E-state index contributed by atoms with van der Waals surface area (Å²) in [6.07, 6.45) is 4.91. The van der Waals surface area contributed by atoms with Gasteiger partial charge in [0.05, 0.1) is 20.8 Å². The maximum absolute atomic E-state index is 12.4. The first-order chi connectivity index (χ1) is 16.0. The van der Waals surface area contributed by atoms with Crippen molar-refractivity contribution < 1.29 is 9.53 Å². The number of amides is 1. The van der Waals surface area contributed by atoms with Crippen molar-refractivity contribution >= 4 is 52.2 Å². The number of halogens is 3. The van der Waals surface area contributed by atoms with Crippen molar-refractivity contribution in [1.82, 2.24) is 10.2 Å². The highest BCUT2D eigenvalue weighted by atomic mass is 35.5. The molecule has 1 aliphatic rings. The van der Waals surface area contributed by atoms with Crippen LogP contribution in [0.1, 0.15) is 25.7 Å². The molecule has 9 heteroatoms. The zero-order chi connectivity index (χ0) is 23.2. The molecule has 0 bridgehead atoms. The van der Waals surface area contributed by atoms with Gasteiger partial charge in [0.15, 0.2) is 12.4 Å². The molecule has 0 aliphatic carbocycles. The van der Waals surface area contributed by atoms with E-state index in [1.165, 1.54) is 37.8 Å². The van der Waals surface area contributed by atoms with E-state index in [2.05, 4.69) is 20.4 Å². The third kappa shape index (κ3) is 6.28. The molecule has 0 atom stereocenters. The van der Waals surface area contributed by atoms with Gasteiger partial charge in [-0.15, -0.1) is 10.2 Å². The minimum absolute atomic E-state index is 0.230. The average Bonchev–Trinajstić information content (AvgIpc) is 3.11. The van der Waals surface area contributed by atoms with Gasteiger partial charge in [0.25, 0.3) is 5.91 Å². The van der Waals surface area contributed by atoms with Crippen LogP contribution in [-0.4, -0.2) is 35.8 Å². The Hall–Kier alpha value is -2.54. The highest BCUT2D eigenvalue weighted by Crippen LogP contribution is 2.33. The van der Waals surface area contributed by atoms with Gasteiger partial charge < -0.3 is 15.0 Å². The van der Waals surface area contributed by atoms with Gasteiger partial charge in [-0.05, 0) is 43.2 Å². The molecule has 2 aromatic carbocycles. The first-order valence-corrected chi connectivity index (χ1v) is 11.9. The van der Waals surface area contributed by atoms with Crippen molar-refractivity contribution in [3.8, 4) is 17.0 Å². The van der Waals surface area contributed by atoms with Crippen LogP contribution < -0.4 is 15.0 Å². The third-order valence-corrected chi connectivity index (χ3v) is 6.37. The van der Waals surface area contributed by atoms with Crippen LogP contribution in [0.15, 0.2) is 48.5 Å². The summed E-state index contributed by atoms with van der Waals surface area (Å²) in [6.45, 7) is 1.81. The summed E-state index contributed by atoms with van der Waals surface area (Å²) in [5.41, 5.74) is 2.22. The first-order valence-electron chi connectivity index (χ1n) is 10.8. The third-order valence-electron chi connectivity index (χ3n) is 5.36. The zero-order valence-electron chi connectivity index (χ0n) is 17.9. The number of carbonyl (C=O) groups is 1. The van der Waals surface area contributed by atoms with Crippen molar-refractivity contribution in [2.24, 2.45) is 0 Å². The summed E-state index contributed by atoms with van der Waals surface area (Å²) in [6, 6.07) is 14.3. The second kappa shape index (κ2) is 11.1. The standard InChI is InChI=1S/C24H23Cl3N4O2/c25-18-13-20(27)22(14-19(18)26)33-15-24(32)28-17-7-5-6-16(12-17)21-8-9-23(30-29-21)31-10-3-1-2-4-11-31/h5-9,12-14H,1-4,10-11,15H2,(H,28,32). The van der Waals surface area contributed by atoms with Crippen LogP contribution in [0.2, 0.25) is 15.1 Å². The molecule has 1 saturated heterocycles. The van der Waals surface area contributed by atoms with Crippen LogP contribution in [0.3, 0.4) is 0 Å². The number of nitrogens with one attached hydrogen (secondary N) is 1. The fraction of sp³-hybridized carbons (Fsp3) is 0.292. The van der Waals surface area contributed by atoms with Gasteiger partial charge in [0.2, 0.25) is 0 Å². The van der Waals surface area contributed by atoms with Gasteiger partial charge in [-0.2, -0.15) is 0 Å². The van der Waals surface area contributed by atoms with Crippen molar-refractivity contribution in [2.75, 3.05) is 29.9 Å². The molecule has 6 nitrogen and oxygen atoms in total.